The van der Waals surface area contributed by atoms with E-state index >= 15 is 0 Å². The highest BCUT2D eigenvalue weighted by Gasteiger charge is 2.49. The van der Waals surface area contributed by atoms with E-state index in [-0.39, 0.29) is 11.3 Å². The molecule has 10 heteroatoms. The molecule has 8 rings (SSSR count). The summed E-state index contributed by atoms with van der Waals surface area (Å²) >= 11 is 0. The maximum Gasteiger partial charge on any atom is 0.216 e. The Balaban J connectivity index is 1.23. The minimum Gasteiger partial charge on any atom is -0.508 e. The molecule has 0 aliphatic carbocycles. The van der Waals surface area contributed by atoms with E-state index in [2.05, 4.69) is 28.1 Å². The number of aryl methyl sites for hydroxylation is 1. The van der Waals surface area contributed by atoms with Crippen molar-refractivity contribution < 1.29 is 19.0 Å². The van der Waals surface area contributed by atoms with E-state index in [4.69, 9.17) is 14.8 Å². The van der Waals surface area contributed by atoms with Gasteiger partial charge in [0.05, 0.1) is 17.4 Å². The van der Waals surface area contributed by atoms with Gasteiger partial charge < -0.3 is 20.1 Å². The Bertz CT molecular complexity index is 1570. The van der Waals surface area contributed by atoms with E-state index in [1.165, 1.54) is 0 Å². The number of fused-ring (bicyclic) bond motifs is 4. The summed E-state index contributed by atoms with van der Waals surface area (Å²) in [6.45, 7) is 5.37. The number of benzene rings is 2. The molecule has 3 aromatic rings. The SMILES string of the molecule is CCc1cccc2cc(O)cc(N(C)/N=C\c3c(C=O)cc(OCC45CCCN4C[C@@H](F)C5)nc3N3CC4CC(C3)N4)c12. The first-order valence-electron chi connectivity index (χ1n) is 15.4. The Morgan fingerprint density at radius 3 is 2.84 bits per heavy atom. The average molecular weight is 587 g/mol. The molecular formula is C33H39FN6O3. The van der Waals surface area contributed by atoms with Crippen LogP contribution in [0.3, 0.4) is 0 Å². The number of pyridine rings is 1. The lowest BCUT2D eigenvalue weighted by Crippen LogP contribution is -2.67. The van der Waals surface area contributed by atoms with Crippen molar-refractivity contribution in [2.75, 3.05) is 49.7 Å². The molecule has 0 radical (unpaired) electrons. The van der Waals surface area contributed by atoms with Crippen LogP contribution in [0.25, 0.3) is 10.8 Å². The molecule has 0 saturated carbocycles. The molecule has 226 valence electrons. The highest BCUT2D eigenvalue weighted by atomic mass is 19.1. The summed E-state index contributed by atoms with van der Waals surface area (Å²) in [5.41, 5.74) is 2.70. The highest BCUT2D eigenvalue weighted by molar-refractivity contribution is 6.00. The van der Waals surface area contributed by atoms with Crippen LogP contribution in [0, 0.1) is 0 Å². The number of aldehydes is 1. The first-order valence-corrected chi connectivity index (χ1v) is 15.4. The number of nitrogens with zero attached hydrogens (tertiary/aromatic N) is 5. The number of ether oxygens (including phenoxy) is 1. The van der Waals surface area contributed by atoms with Crippen LogP contribution < -0.4 is 20.0 Å². The molecule has 2 aromatic carbocycles. The van der Waals surface area contributed by atoms with Crippen molar-refractivity contribution in [3.8, 4) is 11.6 Å². The molecule has 5 aliphatic heterocycles. The van der Waals surface area contributed by atoms with Gasteiger partial charge in [-0.15, -0.1) is 0 Å². The third-order valence-corrected chi connectivity index (χ3v) is 9.76. The molecular weight excluding hydrogens is 547 g/mol. The predicted molar refractivity (Wildman–Crippen MR) is 167 cm³/mol. The van der Waals surface area contributed by atoms with E-state index in [1.807, 2.05) is 19.2 Å². The molecule has 0 spiro atoms. The number of aromatic hydroxyl groups is 1. The summed E-state index contributed by atoms with van der Waals surface area (Å²) in [4.78, 5) is 21.9. The number of alkyl halides is 1. The van der Waals surface area contributed by atoms with Gasteiger partial charge in [-0.3, -0.25) is 14.7 Å². The van der Waals surface area contributed by atoms with E-state index in [9.17, 15) is 14.3 Å². The molecule has 9 nitrogen and oxygen atoms in total. The van der Waals surface area contributed by atoms with Gasteiger partial charge >= 0.3 is 0 Å². The topological polar surface area (TPSA) is 93.5 Å². The fraction of sp³-hybridized carbons (Fsp3) is 0.485. The molecule has 2 bridgehead atoms. The number of piperazine rings is 1. The number of hydrogen-bond donors (Lipinski definition) is 2. The third kappa shape index (κ3) is 5.10. The zero-order valence-electron chi connectivity index (χ0n) is 24.8. The second-order valence-corrected chi connectivity index (χ2v) is 12.6. The summed E-state index contributed by atoms with van der Waals surface area (Å²) in [6.07, 6.45) is 6.07. The Morgan fingerprint density at radius 2 is 2.07 bits per heavy atom. The standard InChI is InChI=1S/C33H39FN6O3/c1-3-21-6-4-7-22-10-27(42)13-29(31(21)22)38(2)35-15-28-23(19-41)11-30(37-32(28)39-17-25-12-26(18-39)36-25)43-20-33-8-5-9-40(33)16-24(34)14-33/h4,6-7,10-11,13,15,19,24-26,36,42H,3,5,8-9,12,14,16-18,20H2,1-2H3/b35-15-/t24-,25?,26?,33?/m0/s1. The zero-order chi connectivity index (χ0) is 29.7. The molecule has 1 aromatic heterocycles. The Kier molecular flexibility index (Phi) is 7.21. The second kappa shape index (κ2) is 11.1. The number of piperidine rings is 1. The van der Waals surface area contributed by atoms with Crippen molar-refractivity contribution >= 4 is 34.8 Å². The van der Waals surface area contributed by atoms with Gasteiger partial charge in [0.1, 0.15) is 24.3 Å². The third-order valence-electron chi connectivity index (χ3n) is 9.76. The van der Waals surface area contributed by atoms with Crippen molar-refractivity contribution in [1.29, 1.82) is 0 Å². The number of phenolic OH excluding ortho intramolecular Hbond substituents is 1. The number of aromatic nitrogens is 1. The Labute approximate surface area is 251 Å². The van der Waals surface area contributed by atoms with Gasteiger partial charge in [0.15, 0.2) is 6.29 Å². The monoisotopic (exact) mass is 586 g/mol. The maximum atomic E-state index is 14.4. The molecule has 6 heterocycles. The van der Waals surface area contributed by atoms with Crippen LogP contribution >= 0.6 is 0 Å². The quantitative estimate of drug-likeness (QED) is 0.218. The predicted octanol–water partition coefficient (Wildman–Crippen LogP) is 4.29. The number of carbonyl (C=O) groups is 1. The number of phenols is 1. The minimum absolute atomic E-state index is 0.164. The van der Waals surface area contributed by atoms with Gasteiger partial charge in [-0.2, -0.15) is 10.1 Å². The van der Waals surface area contributed by atoms with E-state index in [0.29, 0.717) is 54.5 Å². The number of anilines is 2. The number of halogens is 1. The molecule has 2 N–H and O–H groups in total. The van der Waals surface area contributed by atoms with E-state index < -0.39 is 6.17 Å². The van der Waals surface area contributed by atoms with Crippen LogP contribution in [0.5, 0.6) is 11.6 Å². The van der Waals surface area contributed by atoms with Crippen LogP contribution in [0.15, 0.2) is 41.5 Å². The first-order chi connectivity index (χ1) is 20.9. The van der Waals surface area contributed by atoms with Gasteiger partial charge in [0, 0.05) is 73.8 Å². The van der Waals surface area contributed by atoms with Crippen LogP contribution in [-0.2, 0) is 6.42 Å². The van der Waals surface area contributed by atoms with Crippen LogP contribution in [0.2, 0.25) is 0 Å². The van der Waals surface area contributed by atoms with Gasteiger partial charge in [-0.25, -0.2) is 4.39 Å². The van der Waals surface area contributed by atoms with Gasteiger partial charge in [0.2, 0.25) is 5.88 Å². The normalized spacial score (nSPS) is 26.6. The lowest BCUT2D eigenvalue weighted by Gasteiger charge is -2.49. The molecule has 5 aliphatic rings. The number of hydrazone groups is 1. The van der Waals surface area contributed by atoms with E-state index in [1.54, 1.807) is 29.4 Å². The Hall–Kier alpha value is -3.76. The Morgan fingerprint density at radius 1 is 1.26 bits per heavy atom. The number of carbonyl (C=O) groups excluding carboxylic acids is 1. The van der Waals surface area contributed by atoms with Crippen LogP contribution in [0.4, 0.5) is 15.9 Å². The maximum absolute atomic E-state index is 14.4. The molecule has 5 fully saturated rings. The fourth-order valence-corrected chi connectivity index (χ4v) is 7.65. The zero-order valence-corrected chi connectivity index (χ0v) is 24.8. The average Bonchev–Trinajstić information content (AvgIpc) is 3.53. The molecule has 43 heavy (non-hydrogen) atoms. The van der Waals surface area contributed by atoms with Crippen molar-refractivity contribution in [2.24, 2.45) is 5.10 Å². The number of rotatable bonds is 9. The smallest absolute Gasteiger partial charge is 0.216 e. The first kappa shape index (κ1) is 28.0. The van der Waals surface area contributed by atoms with Crippen molar-refractivity contribution in [2.45, 2.75) is 62.8 Å². The van der Waals surface area contributed by atoms with Crippen LogP contribution in [-0.4, -0.2) is 91.1 Å². The fourth-order valence-electron chi connectivity index (χ4n) is 7.65. The van der Waals surface area contributed by atoms with Crippen LogP contribution in [0.1, 0.15) is 54.1 Å². The van der Waals surface area contributed by atoms with Crippen molar-refractivity contribution in [3.63, 3.8) is 0 Å². The lowest BCUT2D eigenvalue weighted by molar-refractivity contribution is 0.109. The highest BCUT2D eigenvalue weighted by Crippen LogP contribution is 2.41. The van der Waals surface area contributed by atoms with Crippen molar-refractivity contribution in [1.82, 2.24) is 15.2 Å². The summed E-state index contributed by atoms with van der Waals surface area (Å²) in [7, 11) is 1.84. The number of hydrogen-bond acceptors (Lipinski definition) is 9. The summed E-state index contributed by atoms with van der Waals surface area (Å²) in [5, 5.41) is 22.5. The molecule has 0 amide bonds. The number of nitrogens with one attached hydrogen (secondary N) is 1. The van der Waals surface area contributed by atoms with Gasteiger partial charge in [-0.1, -0.05) is 25.1 Å². The van der Waals surface area contributed by atoms with Gasteiger partial charge in [-0.05, 0) is 49.2 Å². The van der Waals surface area contributed by atoms with Gasteiger partial charge in [0.25, 0.3) is 0 Å². The second-order valence-electron chi connectivity index (χ2n) is 12.6. The molecule has 5 saturated heterocycles. The lowest BCUT2D eigenvalue weighted by atomic mass is 9.91. The molecule has 3 unspecified atom stereocenters. The van der Waals surface area contributed by atoms with Crippen molar-refractivity contribution in [3.05, 3.63) is 53.1 Å². The minimum atomic E-state index is -0.835. The van der Waals surface area contributed by atoms with E-state index in [0.717, 1.165) is 73.6 Å². The molecule has 4 atom stereocenters. The summed E-state index contributed by atoms with van der Waals surface area (Å²) in [5.74, 6) is 1.21. The summed E-state index contributed by atoms with van der Waals surface area (Å²) in [6, 6.07) is 12.0. The largest absolute Gasteiger partial charge is 0.508 e. The summed E-state index contributed by atoms with van der Waals surface area (Å²) < 4.78 is 20.6.